The number of rotatable bonds is 3. The topological polar surface area (TPSA) is 44.5 Å². The van der Waals surface area contributed by atoms with Crippen molar-refractivity contribution in [1.29, 1.82) is 0 Å². The first-order chi connectivity index (χ1) is 8.16. The highest BCUT2D eigenvalue weighted by molar-refractivity contribution is 9.10. The second-order valence-electron chi connectivity index (χ2n) is 4.09. The van der Waals surface area contributed by atoms with Crippen molar-refractivity contribution in [2.45, 2.75) is 32.2 Å². The first kappa shape index (κ1) is 12.8. The number of hydrogen-bond donors (Lipinski definition) is 1. The highest BCUT2D eigenvalue weighted by atomic mass is 79.9. The largest absolute Gasteiger partial charge is 0.396 e. The van der Waals surface area contributed by atoms with Crippen molar-refractivity contribution in [3.8, 4) is 0 Å². The highest BCUT2D eigenvalue weighted by Gasteiger charge is 2.14. The molecule has 1 heterocycles. The van der Waals surface area contributed by atoms with Gasteiger partial charge in [-0.3, -0.25) is 0 Å². The van der Waals surface area contributed by atoms with Crippen molar-refractivity contribution >= 4 is 21.6 Å². The Bertz CT molecular complexity index is 371. The van der Waals surface area contributed by atoms with Gasteiger partial charge in [0.2, 0.25) is 0 Å². The quantitative estimate of drug-likeness (QED) is 0.872. The van der Waals surface area contributed by atoms with Crippen LogP contribution in [-0.2, 0) is 16.1 Å². The van der Waals surface area contributed by atoms with Crippen LogP contribution in [0.15, 0.2) is 16.6 Å². The number of hydrogen-bond acceptors (Lipinski definition) is 3. The van der Waals surface area contributed by atoms with E-state index in [2.05, 4.69) is 15.9 Å². The van der Waals surface area contributed by atoms with Gasteiger partial charge in [0.05, 0.1) is 16.8 Å². The Morgan fingerprint density at radius 3 is 2.94 bits per heavy atom. The Balaban J connectivity index is 1.94. The fraction of sp³-hybridized carbons (Fsp3) is 0.500. The lowest BCUT2D eigenvalue weighted by molar-refractivity contribution is -0.168. The van der Waals surface area contributed by atoms with Gasteiger partial charge in [-0.25, -0.2) is 4.39 Å². The SMILES string of the molecule is Nc1cc(COC2CCCCO2)cc(Br)c1F. The normalized spacial score (nSPS) is 20.5. The first-order valence-corrected chi connectivity index (χ1v) is 6.42. The zero-order valence-electron chi connectivity index (χ0n) is 9.42. The van der Waals surface area contributed by atoms with Crippen LogP contribution in [0.4, 0.5) is 10.1 Å². The Morgan fingerprint density at radius 1 is 1.47 bits per heavy atom. The maximum Gasteiger partial charge on any atom is 0.160 e. The van der Waals surface area contributed by atoms with Gasteiger partial charge in [0, 0.05) is 6.61 Å². The van der Waals surface area contributed by atoms with E-state index in [9.17, 15) is 4.39 Å². The molecule has 0 aromatic heterocycles. The van der Waals surface area contributed by atoms with Crippen molar-refractivity contribution in [2.75, 3.05) is 12.3 Å². The molecule has 1 aliphatic rings. The van der Waals surface area contributed by atoms with E-state index in [0.29, 0.717) is 11.1 Å². The van der Waals surface area contributed by atoms with Gasteiger partial charge in [0.1, 0.15) is 0 Å². The van der Waals surface area contributed by atoms with Crippen LogP contribution in [0.5, 0.6) is 0 Å². The predicted octanol–water partition coefficient (Wildman–Crippen LogP) is 3.21. The lowest BCUT2D eigenvalue weighted by Crippen LogP contribution is -2.22. The number of ether oxygens (including phenoxy) is 2. The Labute approximate surface area is 108 Å². The summed E-state index contributed by atoms with van der Waals surface area (Å²) in [5, 5.41) is 0. The van der Waals surface area contributed by atoms with Crippen molar-refractivity contribution in [2.24, 2.45) is 0 Å². The molecule has 2 rings (SSSR count). The zero-order chi connectivity index (χ0) is 12.3. The summed E-state index contributed by atoms with van der Waals surface area (Å²) in [7, 11) is 0. The second-order valence-corrected chi connectivity index (χ2v) is 4.94. The van der Waals surface area contributed by atoms with Gasteiger partial charge < -0.3 is 15.2 Å². The standard InChI is InChI=1S/C12H15BrFNO2/c13-9-5-8(6-10(15)12(9)14)7-17-11-3-1-2-4-16-11/h5-6,11H,1-4,7,15H2. The third-order valence-corrected chi connectivity index (χ3v) is 3.27. The molecule has 94 valence electrons. The number of benzene rings is 1. The molecule has 1 fully saturated rings. The van der Waals surface area contributed by atoms with E-state index in [4.69, 9.17) is 15.2 Å². The van der Waals surface area contributed by atoms with Gasteiger partial charge in [0.25, 0.3) is 0 Å². The summed E-state index contributed by atoms with van der Waals surface area (Å²) in [5.41, 5.74) is 6.50. The van der Waals surface area contributed by atoms with E-state index in [0.717, 1.165) is 31.4 Å². The van der Waals surface area contributed by atoms with Gasteiger partial charge in [-0.2, -0.15) is 0 Å². The smallest absolute Gasteiger partial charge is 0.160 e. The zero-order valence-corrected chi connectivity index (χ0v) is 11.0. The van der Waals surface area contributed by atoms with Crippen LogP contribution in [0.25, 0.3) is 0 Å². The number of nitrogens with two attached hydrogens (primary N) is 1. The monoisotopic (exact) mass is 303 g/mol. The van der Waals surface area contributed by atoms with Crippen molar-refractivity contribution in [3.05, 3.63) is 28.0 Å². The molecule has 1 saturated heterocycles. The number of nitrogen functional groups attached to an aromatic ring is 1. The minimum absolute atomic E-state index is 0.127. The minimum Gasteiger partial charge on any atom is -0.396 e. The minimum atomic E-state index is -0.428. The van der Waals surface area contributed by atoms with E-state index < -0.39 is 5.82 Å². The molecule has 1 aliphatic heterocycles. The van der Waals surface area contributed by atoms with Crippen LogP contribution in [0.3, 0.4) is 0 Å². The van der Waals surface area contributed by atoms with Crippen LogP contribution in [0.2, 0.25) is 0 Å². The van der Waals surface area contributed by atoms with Crippen molar-refractivity contribution < 1.29 is 13.9 Å². The molecule has 0 aliphatic carbocycles. The van der Waals surface area contributed by atoms with E-state index in [1.807, 2.05) is 0 Å². The van der Waals surface area contributed by atoms with Gasteiger partial charge in [-0.05, 0) is 52.9 Å². The second kappa shape index (κ2) is 5.80. The Kier molecular flexibility index (Phi) is 4.36. The molecule has 5 heteroatoms. The fourth-order valence-electron chi connectivity index (χ4n) is 1.78. The summed E-state index contributed by atoms with van der Waals surface area (Å²) in [5.74, 6) is -0.428. The molecule has 0 amide bonds. The third kappa shape index (κ3) is 3.40. The molecule has 0 spiro atoms. The first-order valence-electron chi connectivity index (χ1n) is 5.63. The summed E-state index contributed by atoms with van der Waals surface area (Å²) in [6, 6.07) is 3.26. The van der Waals surface area contributed by atoms with Gasteiger partial charge in [-0.15, -0.1) is 0 Å². The molecule has 0 saturated carbocycles. The van der Waals surface area contributed by atoms with Crippen molar-refractivity contribution in [3.63, 3.8) is 0 Å². The molecule has 1 unspecified atom stereocenters. The molecule has 0 radical (unpaired) electrons. The van der Waals surface area contributed by atoms with Gasteiger partial charge >= 0.3 is 0 Å². The molecular weight excluding hydrogens is 289 g/mol. The summed E-state index contributed by atoms with van der Waals surface area (Å²) >= 11 is 3.12. The lowest BCUT2D eigenvalue weighted by atomic mass is 10.2. The van der Waals surface area contributed by atoms with Crippen LogP contribution < -0.4 is 5.73 Å². The molecule has 1 aromatic rings. The maximum absolute atomic E-state index is 13.3. The third-order valence-electron chi connectivity index (χ3n) is 2.69. The fourth-order valence-corrected chi connectivity index (χ4v) is 2.31. The average Bonchev–Trinajstić information content (AvgIpc) is 2.34. The summed E-state index contributed by atoms with van der Waals surface area (Å²) in [6.45, 7) is 1.13. The molecule has 3 nitrogen and oxygen atoms in total. The highest BCUT2D eigenvalue weighted by Crippen LogP contribution is 2.24. The van der Waals surface area contributed by atoms with E-state index in [1.54, 1.807) is 12.1 Å². The number of anilines is 1. The van der Waals surface area contributed by atoms with Crippen LogP contribution in [-0.4, -0.2) is 12.9 Å². The van der Waals surface area contributed by atoms with Gasteiger partial charge in [-0.1, -0.05) is 0 Å². The van der Waals surface area contributed by atoms with E-state index in [-0.39, 0.29) is 12.0 Å². The summed E-state index contributed by atoms with van der Waals surface area (Å²) in [6.07, 6.45) is 2.99. The average molecular weight is 304 g/mol. The Morgan fingerprint density at radius 2 is 2.29 bits per heavy atom. The molecule has 0 bridgehead atoms. The summed E-state index contributed by atoms with van der Waals surface area (Å²) in [4.78, 5) is 0. The molecule has 1 atom stereocenters. The maximum atomic E-state index is 13.3. The van der Waals surface area contributed by atoms with Crippen LogP contribution >= 0.6 is 15.9 Å². The summed E-state index contributed by atoms with van der Waals surface area (Å²) < 4.78 is 24.7. The van der Waals surface area contributed by atoms with Crippen LogP contribution in [0, 0.1) is 5.82 Å². The molecule has 1 aromatic carbocycles. The van der Waals surface area contributed by atoms with Crippen LogP contribution in [0.1, 0.15) is 24.8 Å². The Hall–Kier alpha value is -0.650. The lowest BCUT2D eigenvalue weighted by Gasteiger charge is -2.22. The van der Waals surface area contributed by atoms with E-state index in [1.165, 1.54) is 0 Å². The molecular formula is C12H15BrFNO2. The molecule has 17 heavy (non-hydrogen) atoms. The van der Waals surface area contributed by atoms with Gasteiger partial charge in [0.15, 0.2) is 12.1 Å². The van der Waals surface area contributed by atoms with Crippen molar-refractivity contribution in [1.82, 2.24) is 0 Å². The molecule has 2 N–H and O–H groups in total. The van der Waals surface area contributed by atoms with E-state index >= 15 is 0 Å². The predicted molar refractivity (Wildman–Crippen MR) is 66.9 cm³/mol. The number of halogens is 2.